The van der Waals surface area contributed by atoms with Gasteiger partial charge >= 0.3 is 0 Å². The molecule has 0 saturated carbocycles. The van der Waals surface area contributed by atoms with E-state index in [4.69, 9.17) is 0 Å². The van der Waals surface area contributed by atoms with Crippen molar-refractivity contribution >= 4 is 23.0 Å². The highest BCUT2D eigenvalue weighted by atomic mass is 31.2. The van der Waals surface area contributed by atoms with Gasteiger partial charge in [0, 0.05) is 15.9 Å². The van der Waals surface area contributed by atoms with E-state index >= 15 is 0 Å². The van der Waals surface area contributed by atoms with Crippen molar-refractivity contribution in [2.75, 3.05) is 0 Å². The molecule has 0 aliphatic heterocycles. The first-order chi connectivity index (χ1) is 9.82. The van der Waals surface area contributed by atoms with Crippen LogP contribution in [0.1, 0.15) is 0 Å². The Morgan fingerprint density at radius 3 is 0.950 bits per heavy atom. The van der Waals surface area contributed by atoms with E-state index < -0.39 is 7.05 Å². The van der Waals surface area contributed by atoms with E-state index in [0.717, 1.165) is 15.9 Å². The summed E-state index contributed by atoms with van der Waals surface area (Å²) in [4.78, 5) is 0. The van der Waals surface area contributed by atoms with Gasteiger partial charge in [0.15, 0.2) is 0 Å². The number of benzene rings is 3. The Bertz CT molecular complexity index is 618. The normalized spacial score (nSPS) is 11.2. The van der Waals surface area contributed by atoms with Gasteiger partial charge in [-0.3, -0.25) is 0 Å². The van der Waals surface area contributed by atoms with Crippen LogP contribution in [0.4, 0.5) is 0 Å². The van der Waals surface area contributed by atoms with Gasteiger partial charge in [0.1, 0.15) is 0 Å². The third-order valence-electron chi connectivity index (χ3n) is 3.39. The van der Waals surface area contributed by atoms with Gasteiger partial charge in [-0.1, -0.05) is 91.0 Å². The maximum absolute atomic E-state index is 11.5. The molecule has 20 heavy (non-hydrogen) atoms. The highest BCUT2D eigenvalue weighted by Gasteiger charge is 2.25. The topological polar surface area (TPSA) is 22.3 Å². The molecule has 0 spiro atoms. The lowest BCUT2D eigenvalue weighted by Gasteiger charge is -2.22. The number of rotatable bonds is 3. The zero-order valence-corrected chi connectivity index (χ0v) is 11.9. The van der Waals surface area contributed by atoms with Crippen LogP contribution >= 0.6 is 7.05 Å². The minimum absolute atomic E-state index is 0.984. The first kappa shape index (κ1) is 12.9. The SMILES string of the molecule is [N]=P(c1ccccc1)(c1ccccc1)c1ccccc1. The van der Waals surface area contributed by atoms with Gasteiger partial charge in [-0.05, 0) is 0 Å². The molecule has 0 aliphatic rings. The second-order valence-electron chi connectivity index (χ2n) is 4.64. The molecule has 0 aliphatic carbocycles. The Labute approximate surface area is 119 Å². The zero-order chi connectivity index (χ0) is 13.8. The van der Waals surface area contributed by atoms with Crippen LogP contribution in [-0.4, -0.2) is 0 Å². The smallest absolute Gasteiger partial charge is 0.0836 e. The molecule has 0 heterocycles. The summed E-state index contributed by atoms with van der Waals surface area (Å²) >= 11 is 0. The van der Waals surface area contributed by atoms with Crippen LogP contribution in [0.3, 0.4) is 0 Å². The van der Waals surface area contributed by atoms with Crippen molar-refractivity contribution < 1.29 is 0 Å². The molecular formula is C18H15NP. The van der Waals surface area contributed by atoms with E-state index in [-0.39, 0.29) is 0 Å². The molecular weight excluding hydrogens is 261 g/mol. The van der Waals surface area contributed by atoms with Gasteiger partial charge in [0.2, 0.25) is 0 Å². The van der Waals surface area contributed by atoms with Gasteiger partial charge in [-0.2, -0.15) is 5.16 Å². The Morgan fingerprint density at radius 2 is 0.700 bits per heavy atom. The lowest BCUT2D eigenvalue weighted by Crippen LogP contribution is -2.25. The summed E-state index contributed by atoms with van der Waals surface area (Å²) in [7, 11) is -2.53. The standard InChI is InChI=1S/C18H15NP/c19-20(16-10-4-1-5-11-16,17-12-6-2-7-13-17)18-14-8-3-9-15-18/h1-15H. The summed E-state index contributed by atoms with van der Waals surface area (Å²) in [6, 6.07) is 29.8. The Balaban J connectivity index is 2.27. The predicted molar refractivity (Wildman–Crippen MR) is 87.3 cm³/mol. The lowest BCUT2D eigenvalue weighted by molar-refractivity contribution is 1.71. The minimum atomic E-state index is -2.53. The van der Waals surface area contributed by atoms with Crippen LogP contribution in [0.15, 0.2) is 91.0 Å². The summed E-state index contributed by atoms with van der Waals surface area (Å²) in [6.45, 7) is 0. The van der Waals surface area contributed by atoms with Crippen LogP contribution in [0.5, 0.6) is 0 Å². The van der Waals surface area contributed by atoms with Gasteiger partial charge in [-0.25, -0.2) is 0 Å². The second kappa shape index (κ2) is 5.48. The lowest BCUT2D eigenvalue weighted by atomic mass is 10.4. The number of hydrogen-bond acceptors (Lipinski definition) is 0. The maximum atomic E-state index is 11.5. The van der Waals surface area contributed by atoms with Crippen molar-refractivity contribution in [2.24, 2.45) is 0 Å². The van der Waals surface area contributed by atoms with E-state index in [1.807, 2.05) is 91.0 Å². The summed E-state index contributed by atoms with van der Waals surface area (Å²) in [5.41, 5.74) is 0. The molecule has 3 aromatic carbocycles. The van der Waals surface area contributed by atoms with E-state index in [1.54, 1.807) is 0 Å². The van der Waals surface area contributed by atoms with Crippen molar-refractivity contribution in [1.29, 1.82) is 0 Å². The quantitative estimate of drug-likeness (QED) is 0.656. The maximum Gasteiger partial charge on any atom is 0.0836 e. The molecule has 1 nitrogen and oxygen atoms in total. The summed E-state index contributed by atoms with van der Waals surface area (Å²) < 4.78 is 0. The summed E-state index contributed by atoms with van der Waals surface area (Å²) in [5, 5.41) is 14.5. The molecule has 2 heteroatoms. The van der Waals surface area contributed by atoms with Gasteiger partial charge in [0.05, 0.1) is 7.05 Å². The molecule has 0 N–H and O–H groups in total. The molecule has 0 bridgehead atoms. The molecule has 3 aromatic rings. The fourth-order valence-electron chi connectivity index (χ4n) is 2.38. The average Bonchev–Trinajstić information content (AvgIpc) is 2.56. The fourth-order valence-corrected chi connectivity index (χ4v) is 5.08. The number of nitrogens with zero attached hydrogens (tertiary/aromatic N) is 1. The molecule has 3 rings (SSSR count). The van der Waals surface area contributed by atoms with Crippen molar-refractivity contribution in [1.82, 2.24) is 5.16 Å². The molecule has 0 amide bonds. The average molecular weight is 276 g/mol. The molecule has 0 unspecified atom stereocenters. The van der Waals surface area contributed by atoms with E-state index in [0.29, 0.717) is 0 Å². The van der Waals surface area contributed by atoms with Crippen molar-refractivity contribution in [2.45, 2.75) is 0 Å². The first-order valence-electron chi connectivity index (χ1n) is 6.60. The van der Waals surface area contributed by atoms with Gasteiger partial charge in [0.25, 0.3) is 0 Å². The van der Waals surface area contributed by atoms with Crippen LogP contribution in [0.2, 0.25) is 0 Å². The molecule has 97 valence electrons. The summed E-state index contributed by atoms with van der Waals surface area (Å²) in [6.07, 6.45) is 0. The van der Waals surface area contributed by atoms with E-state index in [1.165, 1.54) is 0 Å². The van der Waals surface area contributed by atoms with Crippen molar-refractivity contribution in [3.63, 3.8) is 0 Å². The third kappa shape index (κ3) is 2.21. The van der Waals surface area contributed by atoms with Crippen LogP contribution in [0.25, 0.3) is 0 Å². The first-order valence-corrected chi connectivity index (χ1v) is 8.34. The highest BCUT2D eigenvalue weighted by molar-refractivity contribution is 7.86. The monoisotopic (exact) mass is 276 g/mol. The molecule has 1 radical (unpaired) electrons. The van der Waals surface area contributed by atoms with Gasteiger partial charge in [-0.15, -0.1) is 0 Å². The fraction of sp³-hybridized carbons (Fsp3) is 0. The van der Waals surface area contributed by atoms with Crippen LogP contribution < -0.4 is 21.1 Å². The molecule has 0 atom stereocenters. The largest absolute Gasteiger partial charge is 0.159 e. The third-order valence-corrected chi connectivity index (χ3v) is 6.53. The predicted octanol–water partition coefficient (Wildman–Crippen LogP) is 2.96. The zero-order valence-electron chi connectivity index (χ0n) is 11.1. The number of hydrogen-bond donors (Lipinski definition) is 0. The summed E-state index contributed by atoms with van der Waals surface area (Å²) in [5.74, 6) is 0. The molecule has 0 saturated heterocycles. The van der Waals surface area contributed by atoms with Gasteiger partial charge < -0.3 is 0 Å². The minimum Gasteiger partial charge on any atom is -0.159 e. The molecule has 0 aromatic heterocycles. The second-order valence-corrected chi connectivity index (χ2v) is 7.46. The Morgan fingerprint density at radius 1 is 0.450 bits per heavy atom. The van der Waals surface area contributed by atoms with E-state index in [9.17, 15) is 5.16 Å². The van der Waals surface area contributed by atoms with Crippen molar-refractivity contribution in [3.05, 3.63) is 91.0 Å². The highest BCUT2D eigenvalue weighted by Crippen LogP contribution is 2.40. The Kier molecular flexibility index (Phi) is 3.54. The van der Waals surface area contributed by atoms with Crippen LogP contribution in [0, 0.1) is 0 Å². The van der Waals surface area contributed by atoms with Crippen LogP contribution in [-0.2, 0) is 0 Å². The van der Waals surface area contributed by atoms with Crippen molar-refractivity contribution in [3.8, 4) is 0 Å². The Hall–Kier alpha value is -2.11. The molecule has 0 fully saturated rings. The van der Waals surface area contributed by atoms with E-state index in [2.05, 4.69) is 0 Å².